The molecule has 0 aliphatic rings. The molecule has 0 spiro atoms. The van der Waals surface area contributed by atoms with Crippen LogP contribution in [0.15, 0.2) is 24.3 Å². The highest BCUT2D eigenvalue weighted by atomic mass is 16.1. The number of unbranched alkanes of at least 4 members (excludes halogenated alkanes) is 1. The van der Waals surface area contributed by atoms with E-state index in [-0.39, 0.29) is 5.91 Å². The maximum Gasteiger partial charge on any atom is 0.224 e. The summed E-state index contributed by atoms with van der Waals surface area (Å²) in [6.45, 7) is 4.42. The van der Waals surface area contributed by atoms with Crippen LogP contribution in [0, 0.1) is 0 Å². The number of amides is 1. The van der Waals surface area contributed by atoms with Crippen molar-refractivity contribution in [3.63, 3.8) is 0 Å². The fourth-order valence-corrected chi connectivity index (χ4v) is 2.13. The number of hydrogen-bond donors (Lipinski definition) is 2. The monoisotopic (exact) mass is 262 g/mol. The number of nitrogens with one attached hydrogen (secondary N) is 2. The van der Waals surface area contributed by atoms with Gasteiger partial charge in [0.05, 0.1) is 6.42 Å². The van der Waals surface area contributed by atoms with Gasteiger partial charge in [-0.05, 0) is 24.5 Å². The van der Waals surface area contributed by atoms with Crippen molar-refractivity contribution in [3.05, 3.63) is 29.8 Å². The highest BCUT2D eigenvalue weighted by Crippen LogP contribution is 2.19. The predicted octanol–water partition coefficient (Wildman–Crippen LogP) is 3.36. The second kappa shape index (κ2) is 8.57. The average Bonchev–Trinajstić information content (AvgIpc) is 2.44. The first kappa shape index (κ1) is 15.5. The summed E-state index contributed by atoms with van der Waals surface area (Å²) in [5.74, 6) is 0.0517. The van der Waals surface area contributed by atoms with E-state index in [9.17, 15) is 4.79 Å². The van der Waals surface area contributed by atoms with Gasteiger partial charge in [-0.3, -0.25) is 4.79 Å². The van der Waals surface area contributed by atoms with Crippen molar-refractivity contribution in [2.75, 3.05) is 12.4 Å². The minimum absolute atomic E-state index is 0.0517. The van der Waals surface area contributed by atoms with Gasteiger partial charge in [0.15, 0.2) is 0 Å². The lowest BCUT2D eigenvalue weighted by molar-refractivity contribution is -0.119. The summed E-state index contributed by atoms with van der Waals surface area (Å²) in [4.78, 5) is 11.5. The molecule has 0 bridgehead atoms. The smallest absolute Gasteiger partial charge is 0.224 e. The summed E-state index contributed by atoms with van der Waals surface area (Å²) >= 11 is 0. The Balaban J connectivity index is 2.72. The second-order valence-electron chi connectivity index (χ2n) is 4.90. The van der Waals surface area contributed by atoms with Gasteiger partial charge in [-0.15, -0.1) is 0 Å². The van der Waals surface area contributed by atoms with Crippen molar-refractivity contribution >= 4 is 11.6 Å². The molecule has 3 heteroatoms. The van der Waals surface area contributed by atoms with Crippen LogP contribution in [0.3, 0.4) is 0 Å². The zero-order valence-corrected chi connectivity index (χ0v) is 12.3. The Labute approximate surface area is 116 Å². The molecule has 0 fully saturated rings. The third kappa shape index (κ3) is 5.33. The van der Waals surface area contributed by atoms with Crippen LogP contribution in [0.5, 0.6) is 0 Å². The lowest BCUT2D eigenvalue weighted by Gasteiger charge is -2.20. The van der Waals surface area contributed by atoms with Crippen LogP contribution >= 0.6 is 0 Å². The van der Waals surface area contributed by atoms with Crippen LogP contribution in [0.4, 0.5) is 5.69 Å². The number of anilines is 1. The van der Waals surface area contributed by atoms with E-state index in [1.54, 1.807) is 7.05 Å². The van der Waals surface area contributed by atoms with E-state index in [1.165, 1.54) is 19.3 Å². The molecule has 0 saturated heterocycles. The van der Waals surface area contributed by atoms with Crippen molar-refractivity contribution in [1.29, 1.82) is 0 Å². The van der Waals surface area contributed by atoms with Gasteiger partial charge in [0.25, 0.3) is 0 Å². The molecule has 106 valence electrons. The summed E-state index contributed by atoms with van der Waals surface area (Å²) < 4.78 is 0. The Morgan fingerprint density at radius 2 is 2.00 bits per heavy atom. The van der Waals surface area contributed by atoms with Gasteiger partial charge in [-0.1, -0.05) is 44.9 Å². The van der Waals surface area contributed by atoms with Crippen molar-refractivity contribution in [2.45, 2.75) is 52.0 Å². The normalized spacial score (nSPS) is 11.9. The summed E-state index contributed by atoms with van der Waals surface area (Å²) in [6.07, 6.45) is 5.18. The fourth-order valence-electron chi connectivity index (χ4n) is 2.13. The molecule has 1 rings (SSSR count). The average molecular weight is 262 g/mol. The highest BCUT2D eigenvalue weighted by molar-refractivity contribution is 5.80. The van der Waals surface area contributed by atoms with Gasteiger partial charge in [0.2, 0.25) is 5.91 Å². The highest BCUT2D eigenvalue weighted by Gasteiger charge is 2.10. The van der Waals surface area contributed by atoms with Gasteiger partial charge in [-0.2, -0.15) is 0 Å². The van der Waals surface area contributed by atoms with Crippen LogP contribution in [0.25, 0.3) is 0 Å². The van der Waals surface area contributed by atoms with Gasteiger partial charge in [0.1, 0.15) is 0 Å². The molecule has 2 N–H and O–H groups in total. The maximum absolute atomic E-state index is 11.5. The van der Waals surface area contributed by atoms with Crippen molar-refractivity contribution in [3.8, 4) is 0 Å². The molecular formula is C16H26N2O. The standard InChI is InChI=1S/C16H26N2O/c1-4-6-10-14(5-2)18-15-11-8-7-9-13(15)12-16(19)17-3/h7-9,11,14,18H,4-6,10,12H2,1-3H3,(H,17,19). The lowest BCUT2D eigenvalue weighted by atomic mass is 10.0. The van der Waals surface area contributed by atoms with Gasteiger partial charge >= 0.3 is 0 Å². The minimum atomic E-state index is 0.0517. The van der Waals surface area contributed by atoms with E-state index < -0.39 is 0 Å². The number of carbonyl (C=O) groups is 1. The number of benzene rings is 1. The Morgan fingerprint density at radius 3 is 2.63 bits per heavy atom. The number of hydrogen-bond acceptors (Lipinski definition) is 2. The molecule has 0 aromatic heterocycles. The van der Waals surface area contributed by atoms with Crippen LogP contribution < -0.4 is 10.6 Å². The van der Waals surface area contributed by atoms with Gasteiger partial charge in [0, 0.05) is 18.8 Å². The van der Waals surface area contributed by atoms with Crippen molar-refractivity contribution in [1.82, 2.24) is 5.32 Å². The molecule has 1 atom stereocenters. The van der Waals surface area contributed by atoms with E-state index in [2.05, 4.69) is 30.5 Å². The zero-order chi connectivity index (χ0) is 14.1. The van der Waals surface area contributed by atoms with E-state index in [0.717, 1.165) is 17.7 Å². The molecule has 0 aliphatic carbocycles. The molecule has 1 amide bonds. The number of likely N-dealkylation sites (N-methyl/N-ethyl adjacent to an activating group) is 1. The quantitative estimate of drug-likeness (QED) is 0.754. The molecule has 1 unspecified atom stereocenters. The van der Waals surface area contributed by atoms with Crippen LogP contribution in [0.2, 0.25) is 0 Å². The lowest BCUT2D eigenvalue weighted by Crippen LogP contribution is -2.23. The topological polar surface area (TPSA) is 41.1 Å². The van der Waals surface area contributed by atoms with Gasteiger partial charge in [-0.25, -0.2) is 0 Å². The molecule has 3 nitrogen and oxygen atoms in total. The Hall–Kier alpha value is -1.51. The van der Waals surface area contributed by atoms with Crippen molar-refractivity contribution < 1.29 is 4.79 Å². The van der Waals surface area contributed by atoms with Crippen molar-refractivity contribution in [2.24, 2.45) is 0 Å². The molecule has 1 aromatic carbocycles. The van der Waals surface area contributed by atoms with E-state index in [0.29, 0.717) is 12.5 Å². The predicted molar refractivity (Wildman–Crippen MR) is 81.4 cm³/mol. The first-order chi connectivity index (χ1) is 9.21. The molecular weight excluding hydrogens is 236 g/mol. The summed E-state index contributed by atoms with van der Waals surface area (Å²) in [5, 5.41) is 6.26. The fraction of sp³-hybridized carbons (Fsp3) is 0.562. The number of para-hydroxylation sites is 1. The second-order valence-corrected chi connectivity index (χ2v) is 4.90. The maximum atomic E-state index is 11.5. The van der Waals surface area contributed by atoms with E-state index in [4.69, 9.17) is 0 Å². The third-order valence-corrected chi connectivity index (χ3v) is 3.41. The Bertz CT molecular complexity index is 390. The molecule has 19 heavy (non-hydrogen) atoms. The molecule has 0 aliphatic heterocycles. The molecule has 0 heterocycles. The molecule has 0 radical (unpaired) electrons. The van der Waals surface area contributed by atoms with Crippen LogP contribution in [0.1, 0.15) is 45.1 Å². The zero-order valence-electron chi connectivity index (χ0n) is 12.3. The summed E-state index contributed by atoms with van der Waals surface area (Å²) in [5.41, 5.74) is 2.16. The van der Waals surface area contributed by atoms with Crippen LogP contribution in [-0.2, 0) is 11.2 Å². The molecule has 0 saturated carbocycles. The summed E-state index contributed by atoms with van der Waals surface area (Å²) in [6, 6.07) is 8.57. The summed E-state index contributed by atoms with van der Waals surface area (Å²) in [7, 11) is 1.68. The number of carbonyl (C=O) groups excluding carboxylic acids is 1. The van der Waals surface area contributed by atoms with E-state index >= 15 is 0 Å². The SMILES string of the molecule is CCCCC(CC)Nc1ccccc1CC(=O)NC. The third-order valence-electron chi connectivity index (χ3n) is 3.41. The first-order valence-corrected chi connectivity index (χ1v) is 7.26. The largest absolute Gasteiger partial charge is 0.382 e. The first-order valence-electron chi connectivity index (χ1n) is 7.26. The van der Waals surface area contributed by atoms with Gasteiger partial charge < -0.3 is 10.6 Å². The Kier molecular flexibility index (Phi) is 7.01. The minimum Gasteiger partial charge on any atom is -0.382 e. The Morgan fingerprint density at radius 1 is 1.26 bits per heavy atom. The van der Waals surface area contributed by atoms with Crippen LogP contribution in [-0.4, -0.2) is 19.0 Å². The number of rotatable bonds is 8. The van der Waals surface area contributed by atoms with E-state index in [1.807, 2.05) is 18.2 Å². The molecule has 1 aromatic rings.